The maximum atomic E-state index is 13.0. The molecular weight excluding hydrogens is 330 g/mol. The molecule has 0 radical (unpaired) electrons. The number of amides is 1. The number of halogens is 1. The third kappa shape index (κ3) is 2.93. The minimum Gasteiger partial charge on any atom is -0.372 e. The van der Waals surface area contributed by atoms with Crippen LogP contribution in [0.1, 0.15) is 48.9 Å². The van der Waals surface area contributed by atoms with Gasteiger partial charge in [0.25, 0.3) is 5.91 Å². The second kappa shape index (κ2) is 6.34. The minimum absolute atomic E-state index is 0.127. The summed E-state index contributed by atoms with van der Waals surface area (Å²) in [6.45, 7) is 0.885. The second-order valence-electron chi connectivity index (χ2n) is 6.05. The van der Waals surface area contributed by atoms with Gasteiger partial charge in [0, 0.05) is 30.3 Å². The number of carbonyl (C=O) groups excluding carboxylic acids is 1. The van der Waals surface area contributed by atoms with Gasteiger partial charge in [-0.25, -0.2) is 4.98 Å². The smallest absolute Gasteiger partial charge is 0.257 e. The van der Waals surface area contributed by atoms with Crippen LogP contribution in [0.2, 0.25) is 0 Å². The number of carbonyl (C=O) groups is 1. The summed E-state index contributed by atoms with van der Waals surface area (Å²) < 4.78 is 0.849. The van der Waals surface area contributed by atoms with E-state index in [1.54, 1.807) is 6.20 Å². The molecular formula is C16H22BrN3O. The molecule has 2 heterocycles. The highest BCUT2D eigenvalue weighted by Crippen LogP contribution is 2.36. The van der Waals surface area contributed by atoms with Crippen molar-refractivity contribution in [1.29, 1.82) is 0 Å². The van der Waals surface area contributed by atoms with Crippen LogP contribution in [0.5, 0.6) is 0 Å². The first kappa shape index (κ1) is 14.8. The molecule has 1 amide bonds. The fourth-order valence-corrected chi connectivity index (χ4v) is 4.16. The molecule has 2 aliphatic rings. The van der Waals surface area contributed by atoms with E-state index in [0.717, 1.165) is 23.9 Å². The molecule has 1 saturated heterocycles. The van der Waals surface area contributed by atoms with Gasteiger partial charge in [-0.1, -0.05) is 12.8 Å². The number of nitrogens with zero attached hydrogens (tertiary/aromatic N) is 2. The molecule has 1 N–H and O–H groups in total. The molecule has 3 rings (SSSR count). The molecule has 4 nitrogen and oxygen atoms in total. The molecule has 21 heavy (non-hydrogen) atoms. The largest absolute Gasteiger partial charge is 0.372 e. The van der Waals surface area contributed by atoms with Crippen molar-refractivity contribution in [3.63, 3.8) is 0 Å². The zero-order chi connectivity index (χ0) is 14.8. The van der Waals surface area contributed by atoms with E-state index in [2.05, 4.69) is 31.1 Å². The number of hydrogen-bond donors (Lipinski definition) is 1. The standard InChI is InChI=1S/C16H22BrN3O/c1-18-15-13(9-12(17)10-19-15)16(21)20-8-4-7-14(20)11-5-2-3-6-11/h9-11,14H,2-8H2,1H3,(H,18,19). The van der Waals surface area contributed by atoms with Crippen LogP contribution in [0.3, 0.4) is 0 Å². The van der Waals surface area contributed by atoms with Crippen LogP contribution in [-0.4, -0.2) is 35.4 Å². The Kier molecular flexibility index (Phi) is 4.48. The van der Waals surface area contributed by atoms with Crippen LogP contribution in [-0.2, 0) is 0 Å². The number of nitrogens with one attached hydrogen (secondary N) is 1. The number of rotatable bonds is 3. The second-order valence-corrected chi connectivity index (χ2v) is 6.97. The maximum Gasteiger partial charge on any atom is 0.257 e. The molecule has 1 aliphatic carbocycles. The lowest BCUT2D eigenvalue weighted by molar-refractivity contribution is 0.0689. The monoisotopic (exact) mass is 351 g/mol. The summed E-state index contributed by atoms with van der Waals surface area (Å²) in [5, 5.41) is 3.03. The number of anilines is 1. The fraction of sp³-hybridized carbons (Fsp3) is 0.625. The van der Waals surface area contributed by atoms with Gasteiger partial charge in [-0.2, -0.15) is 0 Å². The summed E-state index contributed by atoms with van der Waals surface area (Å²) >= 11 is 3.42. The van der Waals surface area contributed by atoms with Crippen molar-refractivity contribution in [2.24, 2.45) is 5.92 Å². The quantitative estimate of drug-likeness (QED) is 0.903. The lowest BCUT2D eigenvalue weighted by Gasteiger charge is -2.30. The molecule has 0 bridgehead atoms. The van der Waals surface area contributed by atoms with Crippen LogP contribution in [0, 0.1) is 5.92 Å². The van der Waals surface area contributed by atoms with Crippen LogP contribution in [0.15, 0.2) is 16.7 Å². The van der Waals surface area contributed by atoms with Crippen LogP contribution in [0.4, 0.5) is 5.82 Å². The van der Waals surface area contributed by atoms with E-state index in [4.69, 9.17) is 0 Å². The summed E-state index contributed by atoms with van der Waals surface area (Å²) in [7, 11) is 1.81. The zero-order valence-corrected chi connectivity index (χ0v) is 14.0. The van der Waals surface area contributed by atoms with E-state index in [0.29, 0.717) is 23.3 Å². The van der Waals surface area contributed by atoms with Gasteiger partial charge < -0.3 is 10.2 Å². The van der Waals surface area contributed by atoms with Crippen molar-refractivity contribution >= 4 is 27.7 Å². The van der Waals surface area contributed by atoms with Crippen molar-refractivity contribution < 1.29 is 4.79 Å². The lowest BCUT2D eigenvalue weighted by Crippen LogP contribution is -2.39. The van der Waals surface area contributed by atoms with Crippen molar-refractivity contribution in [3.8, 4) is 0 Å². The summed E-state index contributed by atoms with van der Waals surface area (Å²) in [5.41, 5.74) is 0.678. The topological polar surface area (TPSA) is 45.2 Å². The molecule has 0 aromatic carbocycles. The minimum atomic E-state index is 0.127. The maximum absolute atomic E-state index is 13.0. The van der Waals surface area contributed by atoms with E-state index in [1.807, 2.05) is 13.1 Å². The van der Waals surface area contributed by atoms with E-state index < -0.39 is 0 Å². The van der Waals surface area contributed by atoms with E-state index >= 15 is 0 Å². The Morgan fingerprint density at radius 1 is 1.33 bits per heavy atom. The Morgan fingerprint density at radius 2 is 2.10 bits per heavy atom. The highest BCUT2D eigenvalue weighted by Gasteiger charge is 2.36. The first-order chi connectivity index (χ1) is 10.2. The van der Waals surface area contributed by atoms with Gasteiger partial charge in [-0.15, -0.1) is 0 Å². The molecule has 1 unspecified atom stereocenters. The predicted molar refractivity (Wildman–Crippen MR) is 87.5 cm³/mol. The van der Waals surface area contributed by atoms with Gasteiger partial charge >= 0.3 is 0 Å². The van der Waals surface area contributed by atoms with Crippen molar-refractivity contribution in [1.82, 2.24) is 9.88 Å². The summed E-state index contributed by atoms with van der Waals surface area (Å²) in [6.07, 6.45) is 9.22. The Morgan fingerprint density at radius 3 is 2.81 bits per heavy atom. The number of pyridine rings is 1. The number of aromatic nitrogens is 1. The Labute approximate surface area is 134 Å². The average molecular weight is 352 g/mol. The Balaban J connectivity index is 1.85. The van der Waals surface area contributed by atoms with Gasteiger partial charge in [-0.3, -0.25) is 4.79 Å². The van der Waals surface area contributed by atoms with E-state index in [1.165, 1.54) is 25.7 Å². The van der Waals surface area contributed by atoms with Crippen LogP contribution >= 0.6 is 15.9 Å². The van der Waals surface area contributed by atoms with E-state index in [9.17, 15) is 4.79 Å². The molecule has 1 atom stereocenters. The molecule has 1 saturated carbocycles. The summed E-state index contributed by atoms with van der Waals surface area (Å²) in [5.74, 6) is 1.50. The summed E-state index contributed by atoms with van der Waals surface area (Å²) in [4.78, 5) is 19.4. The average Bonchev–Trinajstić information content (AvgIpc) is 3.16. The molecule has 114 valence electrons. The highest BCUT2D eigenvalue weighted by atomic mass is 79.9. The predicted octanol–water partition coefficient (Wildman–Crippen LogP) is 3.68. The number of likely N-dealkylation sites (tertiary alicyclic amines) is 1. The fourth-order valence-electron chi connectivity index (χ4n) is 3.83. The van der Waals surface area contributed by atoms with Crippen LogP contribution < -0.4 is 5.32 Å². The van der Waals surface area contributed by atoms with E-state index in [-0.39, 0.29) is 5.91 Å². The molecule has 1 aromatic heterocycles. The summed E-state index contributed by atoms with van der Waals surface area (Å²) in [6, 6.07) is 2.31. The van der Waals surface area contributed by atoms with Crippen molar-refractivity contribution in [2.75, 3.05) is 18.9 Å². The van der Waals surface area contributed by atoms with Gasteiger partial charge in [0.15, 0.2) is 0 Å². The lowest BCUT2D eigenvalue weighted by atomic mass is 9.95. The number of hydrogen-bond acceptors (Lipinski definition) is 3. The van der Waals surface area contributed by atoms with Crippen molar-refractivity contribution in [3.05, 3.63) is 22.3 Å². The third-order valence-corrected chi connectivity index (χ3v) is 5.26. The zero-order valence-electron chi connectivity index (χ0n) is 12.4. The van der Waals surface area contributed by atoms with Gasteiger partial charge in [0.05, 0.1) is 5.56 Å². The molecule has 1 aromatic rings. The molecule has 5 heteroatoms. The first-order valence-corrected chi connectivity index (χ1v) is 8.64. The molecule has 2 fully saturated rings. The normalized spacial score (nSPS) is 22.8. The molecule has 0 spiro atoms. The molecule has 1 aliphatic heterocycles. The Bertz CT molecular complexity index is 528. The third-order valence-electron chi connectivity index (χ3n) is 4.83. The van der Waals surface area contributed by atoms with Crippen LogP contribution in [0.25, 0.3) is 0 Å². The highest BCUT2D eigenvalue weighted by molar-refractivity contribution is 9.10. The van der Waals surface area contributed by atoms with Gasteiger partial charge in [0.2, 0.25) is 0 Å². The van der Waals surface area contributed by atoms with Crippen molar-refractivity contribution in [2.45, 2.75) is 44.6 Å². The first-order valence-electron chi connectivity index (χ1n) is 7.85. The Hall–Kier alpha value is -1.10. The van der Waals surface area contributed by atoms with Gasteiger partial charge in [0.1, 0.15) is 5.82 Å². The SMILES string of the molecule is CNc1ncc(Br)cc1C(=O)N1CCCC1C1CCCC1. The van der Waals surface area contributed by atoms with Gasteiger partial charge in [-0.05, 0) is 53.6 Å².